The molecule has 0 spiro atoms. The average molecular weight is 215 g/mol. The van der Waals surface area contributed by atoms with Gasteiger partial charge in [0.05, 0.1) is 6.61 Å². The molecule has 0 fully saturated rings. The van der Waals surface area contributed by atoms with Crippen LogP contribution in [0.5, 0.6) is 0 Å². The van der Waals surface area contributed by atoms with Gasteiger partial charge in [0.15, 0.2) is 0 Å². The normalized spacial score (nSPS) is 9.80. The third-order valence-electron chi connectivity index (χ3n) is 1.47. The highest BCUT2D eigenvalue weighted by Crippen LogP contribution is 1.99. The number of hydrogen-bond donors (Lipinski definition) is 1. The molecular weight excluding hydrogens is 198 g/mol. The van der Waals surface area contributed by atoms with Crippen LogP contribution in [0.25, 0.3) is 0 Å². The Morgan fingerprint density at radius 1 is 1.53 bits per heavy atom. The molecular formula is C10H17NO4. The summed E-state index contributed by atoms with van der Waals surface area (Å²) < 4.78 is 4.89. The van der Waals surface area contributed by atoms with E-state index in [0.717, 1.165) is 4.90 Å². The Morgan fingerprint density at radius 2 is 2.13 bits per heavy atom. The molecule has 0 aliphatic carbocycles. The lowest BCUT2D eigenvalue weighted by molar-refractivity contribution is -0.137. The van der Waals surface area contributed by atoms with Crippen molar-refractivity contribution in [3.05, 3.63) is 12.7 Å². The molecule has 0 aromatic heterocycles. The lowest BCUT2D eigenvalue weighted by Gasteiger charge is -2.18. The highest BCUT2D eigenvalue weighted by atomic mass is 16.6. The number of carboxylic acids is 1. The topological polar surface area (TPSA) is 66.8 Å². The first-order valence-electron chi connectivity index (χ1n) is 4.71. The van der Waals surface area contributed by atoms with Gasteiger partial charge >= 0.3 is 12.1 Å². The van der Waals surface area contributed by atoms with Crippen molar-refractivity contribution in [3.63, 3.8) is 0 Å². The minimum atomic E-state index is -1.07. The maximum absolute atomic E-state index is 11.4. The maximum Gasteiger partial charge on any atom is 0.410 e. The van der Waals surface area contributed by atoms with Gasteiger partial charge in [0.25, 0.3) is 0 Å². The first kappa shape index (κ1) is 13.5. The number of nitrogens with zero attached hydrogens (tertiary/aromatic N) is 1. The van der Waals surface area contributed by atoms with E-state index in [0.29, 0.717) is 0 Å². The standard InChI is InChI=1S/C10H17NO4/c1-4-5-11(6-9(12)13)10(14)15-7-8(2)3/h4,8H,1,5-7H2,2-3H3,(H,12,13). The second-order valence-corrected chi connectivity index (χ2v) is 3.53. The van der Waals surface area contributed by atoms with E-state index in [2.05, 4.69) is 6.58 Å². The lowest BCUT2D eigenvalue weighted by atomic mass is 10.2. The van der Waals surface area contributed by atoms with Gasteiger partial charge in [-0.15, -0.1) is 6.58 Å². The van der Waals surface area contributed by atoms with Gasteiger partial charge in [-0.1, -0.05) is 19.9 Å². The molecule has 0 aliphatic rings. The second kappa shape index (κ2) is 6.86. The fourth-order valence-corrected chi connectivity index (χ4v) is 0.852. The highest BCUT2D eigenvalue weighted by Gasteiger charge is 2.16. The molecule has 0 saturated carbocycles. The molecule has 5 nitrogen and oxygen atoms in total. The van der Waals surface area contributed by atoms with Crippen LogP contribution in [0.2, 0.25) is 0 Å². The van der Waals surface area contributed by atoms with Gasteiger partial charge in [0, 0.05) is 6.54 Å². The highest BCUT2D eigenvalue weighted by molar-refractivity contribution is 5.76. The minimum absolute atomic E-state index is 0.170. The number of hydrogen-bond acceptors (Lipinski definition) is 3. The molecule has 0 atom stereocenters. The van der Waals surface area contributed by atoms with E-state index in [1.54, 1.807) is 0 Å². The third kappa shape index (κ3) is 6.54. The van der Waals surface area contributed by atoms with Gasteiger partial charge in [-0.25, -0.2) is 4.79 Å². The molecule has 0 rings (SSSR count). The average Bonchev–Trinajstić information content (AvgIpc) is 2.12. The number of amides is 1. The van der Waals surface area contributed by atoms with Crippen LogP contribution in [-0.2, 0) is 9.53 Å². The fourth-order valence-electron chi connectivity index (χ4n) is 0.852. The first-order valence-corrected chi connectivity index (χ1v) is 4.71. The summed E-state index contributed by atoms with van der Waals surface area (Å²) in [5.41, 5.74) is 0. The van der Waals surface area contributed by atoms with E-state index in [1.807, 2.05) is 13.8 Å². The molecule has 1 amide bonds. The summed E-state index contributed by atoms with van der Waals surface area (Å²) in [6.07, 6.45) is 0.838. The Bertz CT molecular complexity index is 238. The number of ether oxygens (including phenoxy) is 1. The van der Waals surface area contributed by atoms with E-state index < -0.39 is 12.1 Å². The Morgan fingerprint density at radius 3 is 2.53 bits per heavy atom. The van der Waals surface area contributed by atoms with Crippen LogP contribution >= 0.6 is 0 Å². The Labute approximate surface area is 89.3 Å². The summed E-state index contributed by atoms with van der Waals surface area (Å²) in [7, 11) is 0. The molecule has 0 heterocycles. The van der Waals surface area contributed by atoms with Crippen molar-refractivity contribution < 1.29 is 19.4 Å². The van der Waals surface area contributed by atoms with Gasteiger partial charge in [-0.3, -0.25) is 9.69 Å². The number of carbonyl (C=O) groups is 2. The molecule has 0 aromatic carbocycles. The predicted molar refractivity (Wildman–Crippen MR) is 55.6 cm³/mol. The molecule has 0 saturated heterocycles. The SMILES string of the molecule is C=CCN(CC(=O)O)C(=O)OCC(C)C. The summed E-state index contributed by atoms with van der Waals surface area (Å²) in [5.74, 6) is -0.845. The van der Waals surface area contributed by atoms with Crippen molar-refractivity contribution in [1.29, 1.82) is 0 Å². The number of carbonyl (C=O) groups excluding carboxylic acids is 1. The van der Waals surface area contributed by atoms with E-state index in [4.69, 9.17) is 9.84 Å². The van der Waals surface area contributed by atoms with Gasteiger partial charge in [0.1, 0.15) is 6.54 Å². The molecule has 15 heavy (non-hydrogen) atoms. The van der Waals surface area contributed by atoms with Crippen LogP contribution in [-0.4, -0.2) is 41.8 Å². The van der Waals surface area contributed by atoms with Gasteiger partial charge < -0.3 is 9.84 Å². The van der Waals surface area contributed by atoms with Crippen LogP contribution in [0.3, 0.4) is 0 Å². The van der Waals surface area contributed by atoms with Crippen LogP contribution in [0.15, 0.2) is 12.7 Å². The van der Waals surface area contributed by atoms with Gasteiger partial charge in [-0.2, -0.15) is 0 Å². The molecule has 1 N–H and O–H groups in total. The summed E-state index contributed by atoms with van der Waals surface area (Å²) in [6, 6.07) is 0. The van der Waals surface area contributed by atoms with E-state index in [9.17, 15) is 9.59 Å². The Balaban J connectivity index is 4.15. The summed E-state index contributed by atoms with van der Waals surface area (Å²) in [4.78, 5) is 22.9. The smallest absolute Gasteiger partial charge is 0.410 e. The quantitative estimate of drug-likeness (QED) is 0.679. The maximum atomic E-state index is 11.4. The summed E-state index contributed by atoms with van der Waals surface area (Å²) >= 11 is 0. The largest absolute Gasteiger partial charge is 0.480 e. The van der Waals surface area contributed by atoms with Gasteiger partial charge in [-0.05, 0) is 5.92 Å². The van der Waals surface area contributed by atoms with E-state index in [-0.39, 0.29) is 25.6 Å². The zero-order valence-corrected chi connectivity index (χ0v) is 9.10. The van der Waals surface area contributed by atoms with Crippen molar-refractivity contribution in [2.45, 2.75) is 13.8 Å². The number of aliphatic carboxylic acids is 1. The van der Waals surface area contributed by atoms with Crippen molar-refractivity contribution in [2.75, 3.05) is 19.7 Å². The summed E-state index contributed by atoms with van der Waals surface area (Å²) in [6.45, 7) is 7.33. The molecule has 86 valence electrons. The van der Waals surface area contributed by atoms with Crippen LogP contribution in [0.1, 0.15) is 13.8 Å². The van der Waals surface area contributed by atoms with Crippen molar-refractivity contribution in [3.8, 4) is 0 Å². The minimum Gasteiger partial charge on any atom is -0.480 e. The van der Waals surface area contributed by atoms with E-state index >= 15 is 0 Å². The lowest BCUT2D eigenvalue weighted by Crippen LogP contribution is -2.36. The zero-order valence-electron chi connectivity index (χ0n) is 9.10. The van der Waals surface area contributed by atoms with Crippen LogP contribution < -0.4 is 0 Å². The predicted octanol–water partition coefficient (Wildman–Crippen LogP) is 1.35. The zero-order chi connectivity index (χ0) is 11.8. The molecule has 0 bridgehead atoms. The number of rotatable bonds is 6. The van der Waals surface area contributed by atoms with E-state index in [1.165, 1.54) is 6.08 Å². The van der Waals surface area contributed by atoms with Crippen molar-refractivity contribution in [1.82, 2.24) is 4.90 Å². The monoisotopic (exact) mass is 215 g/mol. The molecule has 5 heteroatoms. The van der Waals surface area contributed by atoms with Crippen molar-refractivity contribution in [2.24, 2.45) is 5.92 Å². The third-order valence-corrected chi connectivity index (χ3v) is 1.47. The van der Waals surface area contributed by atoms with Crippen LogP contribution in [0, 0.1) is 5.92 Å². The fraction of sp³-hybridized carbons (Fsp3) is 0.600. The van der Waals surface area contributed by atoms with Gasteiger partial charge in [0.2, 0.25) is 0 Å². The molecule has 0 aromatic rings. The van der Waals surface area contributed by atoms with Crippen LogP contribution in [0.4, 0.5) is 4.79 Å². The molecule has 0 unspecified atom stereocenters. The Hall–Kier alpha value is -1.52. The second-order valence-electron chi connectivity index (χ2n) is 3.53. The molecule has 0 aliphatic heterocycles. The first-order chi connectivity index (χ1) is 6.97. The van der Waals surface area contributed by atoms with Crippen molar-refractivity contribution >= 4 is 12.1 Å². The Kier molecular flexibility index (Phi) is 6.17. The number of carboxylic acid groups (broad SMARTS) is 1. The summed E-state index contributed by atoms with van der Waals surface area (Å²) in [5, 5.41) is 8.55. The molecule has 0 radical (unpaired) electrons.